The average molecular weight is 497 g/mol. The molecule has 1 aliphatic heterocycles. The molecular formula is C28H36N2O6. The first-order chi connectivity index (χ1) is 17.2. The maximum atomic E-state index is 13.7. The first-order valence-corrected chi connectivity index (χ1v) is 12.3. The Morgan fingerprint density at radius 1 is 1.00 bits per heavy atom. The van der Waals surface area contributed by atoms with Gasteiger partial charge in [0.05, 0.1) is 52.5 Å². The number of nitrogens with zero attached hydrogens (tertiary/aromatic N) is 1. The van der Waals surface area contributed by atoms with Gasteiger partial charge in [-0.25, -0.2) is 0 Å². The zero-order valence-electron chi connectivity index (χ0n) is 21.9. The molecule has 0 spiro atoms. The largest absolute Gasteiger partial charge is 0.872 e. The minimum atomic E-state index is -0.821. The fraction of sp³-hybridized carbons (Fsp3) is 0.429. The number of rotatable bonds is 11. The Hall–Kier alpha value is -3.52. The van der Waals surface area contributed by atoms with Gasteiger partial charge in [0.25, 0.3) is 5.91 Å². The van der Waals surface area contributed by atoms with Gasteiger partial charge in [-0.05, 0) is 63.1 Å². The van der Waals surface area contributed by atoms with Crippen molar-refractivity contribution in [3.63, 3.8) is 0 Å². The number of ether oxygens (including phenoxy) is 3. The van der Waals surface area contributed by atoms with Crippen LogP contribution in [0.2, 0.25) is 0 Å². The van der Waals surface area contributed by atoms with E-state index in [-0.39, 0.29) is 11.7 Å². The molecule has 8 heteroatoms. The van der Waals surface area contributed by atoms with E-state index in [9.17, 15) is 14.7 Å². The van der Waals surface area contributed by atoms with Crippen molar-refractivity contribution in [1.29, 1.82) is 0 Å². The standard InChI is InChI=1S/C28H36N2O6/c1-7-29(8-2)15-16-30-25(20-11-14-22(34-5)23(17-20)35-6)24(27(32)28(30)33)26(31)19-9-12-21(13-10-19)36-18(3)4/h9-14,17-18,25,31H,7-8,15-16H2,1-6H3. The monoisotopic (exact) mass is 496 g/mol. The lowest BCUT2D eigenvalue weighted by Crippen LogP contribution is -3.12. The maximum absolute atomic E-state index is 13.7. The van der Waals surface area contributed by atoms with Crippen molar-refractivity contribution in [1.82, 2.24) is 4.90 Å². The lowest BCUT2D eigenvalue weighted by molar-refractivity contribution is -0.895. The Bertz CT molecular complexity index is 1110. The van der Waals surface area contributed by atoms with E-state index < -0.39 is 23.5 Å². The van der Waals surface area contributed by atoms with Crippen LogP contribution >= 0.6 is 0 Å². The molecule has 194 valence electrons. The van der Waals surface area contributed by atoms with Crippen LogP contribution in [0.5, 0.6) is 17.2 Å². The van der Waals surface area contributed by atoms with Crippen LogP contribution in [0.1, 0.15) is 44.9 Å². The van der Waals surface area contributed by atoms with Gasteiger partial charge in [0, 0.05) is 5.57 Å². The predicted molar refractivity (Wildman–Crippen MR) is 135 cm³/mol. The van der Waals surface area contributed by atoms with Gasteiger partial charge in [-0.1, -0.05) is 24.0 Å². The lowest BCUT2D eigenvalue weighted by Gasteiger charge is -2.29. The number of nitrogens with one attached hydrogen (secondary N) is 1. The van der Waals surface area contributed by atoms with Gasteiger partial charge >= 0.3 is 0 Å². The Balaban J connectivity index is 2.11. The summed E-state index contributed by atoms with van der Waals surface area (Å²) in [5, 5.41) is 13.7. The van der Waals surface area contributed by atoms with Gasteiger partial charge in [-0.2, -0.15) is 0 Å². The normalized spacial score (nSPS) is 17.2. The zero-order valence-corrected chi connectivity index (χ0v) is 21.9. The van der Waals surface area contributed by atoms with Crippen LogP contribution in [0.3, 0.4) is 0 Å². The summed E-state index contributed by atoms with van der Waals surface area (Å²) in [4.78, 5) is 29.3. The quantitative estimate of drug-likeness (QED) is 0.289. The van der Waals surface area contributed by atoms with E-state index in [0.29, 0.717) is 41.5 Å². The molecule has 2 aromatic rings. The van der Waals surface area contributed by atoms with Crippen LogP contribution < -0.4 is 24.2 Å². The van der Waals surface area contributed by atoms with Crippen LogP contribution in [-0.2, 0) is 9.59 Å². The van der Waals surface area contributed by atoms with E-state index in [4.69, 9.17) is 14.2 Å². The van der Waals surface area contributed by atoms with E-state index in [1.807, 2.05) is 13.8 Å². The van der Waals surface area contributed by atoms with Gasteiger partial charge in [0.1, 0.15) is 5.75 Å². The average Bonchev–Trinajstić information content (AvgIpc) is 3.13. The smallest absolute Gasteiger partial charge is 0.295 e. The van der Waals surface area contributed by atoms with Crippen molar-refractivity contribution in [3.8, 4) is 17.2 Å². The molecule has 36 heavy (non-hydrogen) atoms. The van der Waals surface area contributed by atoms with Crippen molar-refractivity contribution >= 4 is 17.4 Å². The molecule has 1 unspecified atom stereocenters. The molecule has 1 aliphatic rings. The number of methoxy groups -OCH3 is 2. The SMILES string of the molecule is CC[NH+](CC)CCN1C(=O)C(=O)C(=C([O-])c2ccc(OC(C)C)cc2)C1c1ccc(OC)c(OC)c1. The van der Waals surface area contributed by atoms with Crippen LogP contribution in [0.15, 0.2) is 48.0 Å². The van der Waals surface area contributed by atoms with E-state index in [1.54, 1.807) is 42.5 Å². The molecule has 1 atom stereocenters. The van der Waals surface area contributed by atoms with Crippen LogP contribution in [0.25, 0.3) is 5.76 Å². The number of carbonyl (C=O) groups excluding carboxylic acids is 2. The number of benzene rings is 2. The Labute approximate surface area is 213 Å². The molecule has 8 nitrogen and oxygen atoms in total. The third-order valence-electron chi connectivity index (χ3n) is 6.45. The fourth-order valence-electron chi connectivity index (χ4n) is 4.47. The summed E-state index contributed by atoms with van der Waals surface area (Å²) < 4.78 is 16.5. The zero-order chi connectivity index (χ0) is 26.4. The molecule has 3 rings (SSSR count). The molecule has 0 radical (unpaired) electrons. The third kappa shape index (κ3) is 5.65. The molecule has 0 aliphatic carbocycles. The van der Waals surface area contributed by atoms with E-state index in [1.165, 1.54) is 24.0 Å². The molecule has 1 amide bonds. The Kier molecular flexibility index (Phi) is 8.98. The Morgan fingerprint density at radius 3 is 2.19 bits per heavy atom. The van der Waals surface area contributed by atoms with Crippen LogP contribution in [0.4, 0.5) is 0 Å². The van der Waals surface area contributed by atoms with Gasteiger partial charge in [-0.3, -0.25) is 9.59 Å². The molecule has 1 heterocycles. The van der Waals surface area contributed by atoms with Crippen molar-refractivity contribution < 1.29 is 33.8 Å². The third-order valence-corrected chi connectivity index (χ3v) is 6.45. The summed E-state index contributed by atoms with van der Waals surface area (Å²) in [6, 6.07) is 11.0. The highest BCUT2D eigenvalue weighted by Gasteiger charge is 2.44. The first-order valence-electron chi connectivity index (χ1n) is 12.3. The first kappa shape index (κ1) is 27.1. The summed E-state index contributed by atoms with van der Waals surface area (Å²) in [6.07, 6.45) is -0.00844. The van der Waals surface area contributed by atoms with Crippen molar-refractivity contribution in [2.24, 2.45) is 0 Å². The van der Waals surface area contributed by atoms with Crippen LogP contribution in [0, 0.1) is 0 Å². The maximum Gasteiger partial charge on any atom is 0.295 e. The van der Waals surface area contributed by atoms with E-state index in [0.717, 1.165) is 13.1 Å². The number of likely N-dealkylation sites (tertiary alicyclic amines) is 1. The summed E-state index contributed by atoms with van der Waals surface area (Å²) in [7, 11) is 3.05. The molecule has 2 aromatic carbocycles. The van der Waals surface area contributed by atoms with Crippen molar-refractivity contribution in [2.45, 2.75) is 39.8 Å². The highest BCUT2D eigenvalue weighted by atomic mass is 16.5. The molecule has 1 saturated heterocycles. The topological polar surface area (TPSA) is 92.6 Å². The predicted octanol–water partition coefficient (Wildman–Crippen LogP) is 1.64. The summed E-state index contributed by atoms with van der Waals surface area (Å²) >= 11 is 0. The summed E-state index contributed by atoms with van der Waals surface area (Å²) in [6.45, 7) is 10.8. The second-order valence-corrected chi connectivity index (χ2v) is 8.99. The minimum Gasteiger partial charge on any atom is -0.872 e. The number of quaternary nitrogens is 1. The molecule has 0 saturated carbocycles. The van der Waals surface area contributed by atoms with Crippen molar-refractivity contribution in [2.75, 3.05) is 40.4 Å². The minimum absolute atomic E-state index is 0.00844. The van der Waals surface area contributed by atoms with Crippen LogP contribution in [-0.4, -0.2) is 63.1 Å². The number of likely N-dealkylation sites (N-methyl/N-ethyl adjacent to an activating group) is 1. The van der Waals surface area contributed by atoms with Gasteiger partial charge in [-0.15, -0.1) is 0 Å². The number of Topliss-reactive ketones (excluding diaryl/α,β-unsaturated/α-hetero) is 1. The lowest BCUT2D eigenvalue weighted by atomic mass is 9.95. The number of amides is 1. The van der Waals surface area contributed by atoms with Gasteiger partial charge in [0.2, 0.25) is 5.78 Å². The number of hydrogen-bond donors (Lipinski definition) is 1. The molecule has 1 fully saturated rings. The molecule has 0 bridgehead atoms. The second kappa shape index (κ2) is 11.9. The highest BCUT2D eigenvalue weighted by molar-refractivity contribution is 6.46. The second-order valence-electron chi connectivity index (χ2n) is 8.99. The number of hydrogen-bond acceptors (Lipinski definition) is 6. The van der Waals surface area contributed by atoms with E-state index >= 15 is 0 Å². The molecular weight excluding hydrogens is 460 g/mol. The van der Waals surface area contributed by atoms with E-state index in [2.05, 4.69) is 13.8 Å². The van der Waals surface area contributed by atoms with Crippen molar-refractivity contribution in [3.05, 3.63) is 59.2 Å². The Morgan fingerprint density at radius 2 is 1.64 bits per heavy atom. The molecule has 0 aromatic heterocycles. The highest BCUT2D eigenvalue weighted by Crippen LogP contribution is 2.41. The summed E-state index contributed by atoms with van der Waals surface area (Å²) in [5.41, 5.74) is 0.882. The van der Waals surface area contributed by atoms with Gasteiger partial charge < -0.3 is 29.1 Å². The number of carbonyl (C=O) groups is 2. The fourth-order valence-corrected chi connectivity index (χ4v) is 4.47. The number of ketones is 1. The van der Waals surface area contributed by atoms with Gasteiger partial charge in [0.15, 0.2) is 11.5 Å². The summed E-state index contributed by atoms with van der Waals surface area (Å²) in [5.74, 6) is -0.299. The molecule has 1 N–H and O–H groups in total.